The first kappa shape index (κ1) is 20.8. The van der Waals surface area contributed by atoms with E-state index in [0.717, 1.165) is 0 Å². The van der Waals surface area contributed by atoms with Crippen LogP contribution in [0.15, 0.2) is 89.4 Å². The lowest BCUT2D eigenvalue weighted by molar-refractivity contribution is -0.112. The van der Waals surface area contributed by atoms with Crippen LogP contribution in [0.4, 0.5) is 5.69 Å². The molecule has 4 rings (SSSR count). The van der Waals surface area contributed by atoms with E-state index in [0.29, 0.717) is 22.1 Å². The molecule has 0 spiro atoms. The average molecular weight is 443 g/mol. The molecule has 0 saturated heterocycles. The summed E-state index contributed by atoms with van der Waals surface area (Å²) in [6.45, 7) is 0. The molecule has 1 amide bonds. The van der Waals surface area contributed by atoms with Crippen molar-refractivity contribution in [3.8, 4) is 17.7 Å². The van der Waals surface area contributed by atoms with Gasteiger partial charge in [-0.15, -0.1) is 0 Å². The molecule has 32 heavy (non-hydrogen) atoms. The lowest BCUT2D eigenvalue weighted by atomic mass is 10.1. The maximum atomic E-state index is 13.2. The fourth-order valence-corrected chi connectivity index (χ4v) is 3.11. The number of pyridine rings is 1. The molecule has 1 N–H and O–H groups in total. The summed E-state index contributed by atoms with van der Waals surface area (Å²) in [5.41, 5.74) is -0.130. The zero-order valence-corrected chi connectivity index (χ0v) is 17.3. The number of nitrogens with one attached hydrogen (secondary N) is 1. The maximum absolute atomic E-state index is 13.2. The Morgan fingerprint density at radius 2 is 1.78 bits per heavy atom. The fraction of sp³-hybridized carbons (Fsp3) is 0. The third kappa shape index (κ3) is 4.36. The van der Waals surface area contributed by atoms with Crippen molar-refractivity contribution in [2.24, 2.45) is 0 Å². The molecule has 0 aliphatic rings. The molecule has 0 bridgehead atoms. The third-order valence-electron chi connectivity index (χ3n) is 4.47. The Kier molecular flexibility index (Phi) is 5.97. The highest BCUT2D eigenvalue weighted by atomic mass is 35.5. The molecule has 156 valence electrons. The molecule has 7 nitrogen and oxygen atoms in total. The van der Waals surface area contributed by atoms with Crippen molar-refractivity contribution >= 4 is 34.9 Å². The highest BCUT2D eigenvalue weighted by Gasteiger charge is 2.18. The van der Waals surface area contributed by atoms with Crippen LogP contribution in [-0.4, -0.2) is 15.3 Å². The Bertz CT molecular complexity index is 1440. The minimum Gasteiger partial charge on any atom is -0.438 e. The summed E-state index contributed by atoms with van der Waals surface area (Å²) in [5.74, 6) is -0.289. The summed E-state index contributed by atoms with van der Waals surface area (Å²) < 4.78 is 7.14. The van der Waals surface area contributed by atoms with Gasteiger partial charge in [0.2, 0.25) is 5.88 Å². The van der Waals surface area contributed by atoms with Gasteiger partial charge in [-0.1, -0.05) is 48.0 Å². The van der Waals surface area contributed by atoms with Crippen LogP contribution in [0.2, 0.25) is 5.02 Å². The van der Waals surface area contributed by atoms with Gasteiger partial charge in [-0.3, -0.25) is 14.0 Å². The second-order valence-corrected chi connectivity index (χ2v) is 6.99. The van der Waals surface area contributed by atoms with Crippen molar-refractivity contribution in [2.75, 3.05) is 5.32 Å². The SMILES string of the molecule is N#C/C(=C\c1c(Oc2ccccc2)nc2ccccn2c1=O)C(=O)Nc1ccccc1Cl. The third-order valence-corrected chi connectivity index (χ3v) is 4.80. The number of halogens is 1. The zero-order chi connectivity index (χ0) is 22.5. The molecule has 0 aliphatic heterocycles. The second-order valence-electron chi connectivity index (χ2n) is 6.58. The smallest absolute Gasteiger partial charge is 0.269 e. The van der Waals surface area contributed by atoms with Crippen molar-refractivity contribution in [1.29, 1.82) is 5.26 Å². The largest absolute Gasteiger partial charge is 0.438 e. The van der Waals surface area contributed by atoms with E-state index in [9.17, 15) is 14.9 Å². The van der Waals surface area contributed by atoms with Crippen molar-refractivity contribution in [2.45, 2.75) is 0 Å². The molecular formula is C24H15ClN4O3. The van der Waals surface area contributed by atoms with E-state index < -0.39 is 11.5 Å². The summed E-state index contributed by atoms with van der Waals surface area (Å²) >= 11 is 6.08. The molecule has 0 fully saturated rings. The molecule has 0 radical (unpaired) electrons. The van der Waals surface area contributed by atoms with Crippen LogP contribution in [0.5, 0.6) is 11.6 Å². The Labute approximate surface area is 187 Å². The van der Waals surface area contributed by atoms with Gasteiger partial charge in [0.25, 0.3) is 11.5 Å². The highest BCUT2D eigenvalue weighted by Crippen LogP contribution is 2.25. The Hall–Kier alpha value is -4.41. The van der Waals surface area contributed by atoms with Gasteiger partial charge in [-0.05, 0) is 42.5 Å². The summed E-state index contributed by atoms with van der Waals surface area (Å²) in [6, 6.07) is 22.3. The van der Waals surface area contributed by atoms with E-state index in [-0.39, 0.29) is 17.0 Å². The molecule has 0 atom stereocenters. The normalized spacial score (nSPS) is 11.1. The number of carbonyl (C=O) groups is 1. The van der Waals surface area contributed by atoms with E-state index in [1.165, 1.54) is 10.5 Å². The first-order chi connectivity index (χ1) is 15.6. The summed E-state index contributed by atoms with van der Waals surface area (Å²) in [5, 5.41) is 12.5. The quantitative estimate of drug-likeness (QED) is 0.357. The molecular weight excluding hydrogens is 428 g/mol. The number of rotatable bonds is 5. The van der Waals surface area contributed by atoms with Crippen LogP contribution in [0, 0.1) is 11.3 Å². The summed E-state index contributed by atoms with van der Waals surface area (Å²) in [7, 11) is 0. The lowest BCUT2D eigenvalue weighted by Gasteiger charge is -2.10. The van der Waals surface area contributed by atoms with Crippen molar-refractivity contribution in [3.05, 3.63) is 106 Å². The number of hydrogen-bond donors (Lipinski definition) is 1. The monoisotopic (exact) mass is 442 g/mol. The van der Waals surface area contributed by atoms with Crippen LogP contribution in [-0.2, 0) is 4.79 Å². The number of carbonyl (C=O) groups excluding carboxylic acids is 1. The predicted octanol–water partition coefficient (Wildman–Crippen LogP) is 4.69. The standard InChI is InChI=1S/C24H15ClN4O3/c25-19-10-4-5-11-20(19)27-22(30)16(15-26)14-18-23(32-17-8-2-1-3-9-17)28-21-12-6-7-13-29(21)24(18)31/h1-14H,(H,27,30)/b16-14+. The number of fused-ring (bicyclic) bond motifs is 1. The van der Waals surface area contributed by atoms with E-state index in [2.05, 4.69) is 10.3 Å². The van der Waals surface area contributed by atoms with Crippen LogP contribution in [0.25, 0.3) is 11.7 Å². The fourth-order valence-electron chi connectivity index (χ4n) is 2.93. The number of hydrogen-bond acceptors (Lipinski definition) is 5. The highest BCUT2D eigenvalue weighted by molar-refractivity contribution is 6.34. The van der Waals surface area contributed by atoms with Crippen LogP contribution in [0.1, 0.15) is 5.56 Å². The van der Waals surface area contributed by atoms with Gasteiger partial charge >= 0.3 is 0 Å². The Morgan fingerprint density at radius 1 is 1.06 bits per heavy atom. The number of ether oxygens (including phenoxy) is 1. The number of para-hydroxylation sites is 2. The van der Waals surface area contributed by atoms with E-state index in [4.69, 9.17) is 16.3 Å². The molecule has 4 aromatic rings. The van der Waals surface area contributed by atoms with E-state index in [1.807, 2.05) is 12.1 Å². The van der Waals surface area contributed by atoms with Crippen LogP contribution >= 0.6 is 11.6 Å². The van der Waals surface area contributed by atoms with Crippen LogP contribution in [0.3, 0.4) is 0 Å². The molecule has 0 unspecified atom stereocenters. The lowest BCUT2D eigenvalue weighted by Crippen LogP contribution is -2.20. The average Bonchev–Trinajstić information content (AvgIpc) is 2.81. The van der Waals surface area contributed by atoms with Crippen LogP contribution < -0.4 is 15.6 Å². The number of aromatic nitrogens is 2. The van der Waals surface area contributed by atoms with Gasteiger partial charge in [0, 0.05) is 6.20 Å². The maximum Gasteiger partial charge on any atom is 0.269 e. The van der Waals surface area contributed by atoms with Crippen molar-refractivity contribution in [3.63, 3.8) is 0 Å². The topological polar surface area (TPSA) is 96.5 Å². The number of anilines is 1. The van der Waals surface area contributed by atoms with Crippen molar-refractivity contribution < 1.29 is 9.53 Å². The predicted molar refractivity (Wildman–Crippen MR) is 122 cm³/mol. The van der Waals surface area contributed by atoms with Gasteiger partial charge in [0.1, 0.15) is 28.6 Å². The van der Waals surface area contributed by atoms with E-state index >= 15 is 0 Å². The Morgan fingerprint density at radius 3 is 2.53 bits per heavy atom. The molecule has 2 aromatic heterocycles. The van der Waals surface area contributed by atoms with Gasteiger partial charge < -0.3 is 10.1 Å². The second kappa shape index (κ2) is 9.16. The Balaban J connectivity index is 1.81. The summed E-state index contributed by atoms with van der Waals surface area (Å²) in [4.78, 5) is 30.3. The van der Waals surface area contributed by atoms with Crippen molar-refractivity contribution in [1.82, 2.24) is 9.38 Å². The van der Waals surface area contributed by atoms with Gasteiger partial charge in [0.05, 0.1) is 10.7 Å². The van der Waals surface area contributed by atoms with E-state index in [1.54, 1.807) is 72.9 Å². The number of nitriles is 1. The number of amides is 1. The minimum atomic E-state index is -0.719. The molecule has 2 heterocycles. The first-order valence-corrected chi connectivity index (χ1v) is 9.86. The van der Waals surface area contributed by atoms with Gasteiger partial charge in [0.15, 0.2) is 0 Å². The molecule has 2 aromatic carbocycles. The molecule has 8 heteroatoms. The molecule has 0 aliphatic carbocycles. The van der Waals surface area contributed by atoms with Gasteiger partial charge in [-0.2, -0.15) is 10.2 Å². The molecule has 0 saturated carbocycles. The van der Waals surface area contributed by atoms with Gasteiger partial charge in [-0.25, -0.2) is 0 Å². The summed E-state index contributed by atoms with van der Waals surface area (Å²) in [6.07, 6.45) is 2.71. The first-order valence-electron chi connectivity index (χ1n) is 9.49. The number of benzene rings is 2. The number of nitrogens with zero attached hydrogens (tertiary/aromatic N) is 3. The minimum absolute atomic E-state index is 0.0225. The zero-order valence-electron chi connectivity index (χ0n) is 16.5.